The van der Waals surface area contributed by atoms with Crippen molar-refractivity contribution in [2.24, 2.45) is 10.7 Å². The minimum absolute atomic E-state index is 0. The lowest BCUT2D eigenvalue weighted by molar-refractivity contribution is -0.128. The highest BCUT2D eigenvalue weighted by Gasteiger charge is 2.20. The van der Waals surface area contributed by atoms with E-state index < -0.39 is 0 Å². The largest absolute Gasteiger partial charge is 0.370 e. The van der Waals surface area contributed by atoms with Gasteiger partial charge >= 0.3 is 0 Å². The van der Waals surface area contributed by atoms with Crippen LogP contribution in [0.15, 0.2) is 29.3 Å². The Morgan fingerprint density at radius 2 is 2.00 bits per heavy atom. The van der Waals surface area contributed by atoms with Gasteiger partial charge in [-0.25, -0.2) is 4.99 Å². The number of carbonyl (C=O) groups is 1. The molecule has 1 heterocycles. The standard InChI is InChI=1S/C19H30N4O.HI/c1-2-3-4-7-12-21-19(20)22-14-16-9-5-6-10-17(16)15-23-13-8-11-18(23)24;/h5-6,9-10H,2-4,7-8,11-15H2,1H3,(H3,20,21,22);1H. The maximum Gasteiger partial charge on any atom is 0.222 e. The van der Waals surface area contributed by atoms with E-state index in [1.54, 1.807) is 0 Å². The first-order valence-corrected chi connectivity index (χ1v) is 9.09. The van der Waals surface area contributed by atoms with Crippen molar-refractivity contribution in [3.63, 3.8) is 0 Å². The van der Waals surface area contributed by atoms with Gasteiger partial charge in [-0.05, 0) is 24.0 Å². The maximum atomic E-state index is 11.8. The molecule has 140 valence electrons. The summed E-state index contributed by atoms with van der Waals surface area (Å²) in [5.41, 5.74) is 8.24. The number of aliphatic imine (C=N–C) groups is 1. The van der Waals surface area contributed by atoms with Crippen LogP contribution in [0.4, 0.5) is 0 Å². The molecule has 0 radical (unpaired) electrons. The summed E-state index contributed by atoms with van der Waals surface area (Å²) in [5, 5.41) is 3.17. The fourth-order valence-electron chi connectivity index (χ4n) is 2.94. The summed E-state index contributed by atoms with van der Waals surface area (Å²) in [6, 6.07) is 8.16. The van der Waals surface area contributed by atoms with Gasteiger partial charge in [0.1, 0.15) is 0 Å². The molecule has 6 heteroatoms. The zero-order chi connectivity index (χ0) is 17.2. The second kappa shape index (κ2) is 12.1. The van der Waals surface area contributed by atoms with E-state index in [0.29, 0.717) is 25.5 Å². The van der Waals surface area contributed by atoms with E-state index in [1.807, 2.05) is 17.0 Å². The predicted molar refractivity (Wildman–Crippen MR) is 114 cm³/mol. The summed E-state index contributed by atoms with van der Waals surface area (Å²) in [6.45, 7) is 5.16. The third-order valence-electron chi connectivity index (χ3n) is 4.41. The van der Waals surface area contributed by atoms with E-state index in [4.69, 9.17) is 5.73 Å². The molecule has 1 aliphatic heterocycles. The summed E-state index contributed by atoms with van der Waals surface area (Å²) >= 11 is 0. The molecule has 1 aromatic carbocycles. The molecular formula is C19H31IN4O. The van der Waals surface area contributed by atoms with E-state index in [0.717, 1.165) is 37.1 Å². The molecule has 0 bridgehead atoms. The molecule has 0 aromatic heterocycles. The van der Waals surface area contributed by atoms with Gasteiger partial charge in [-0.1, -0.05) is 50.5 Å². The third-order valence-corrected chi connectivity index (χ3v) is 4.41. The van der Waals surface area contributed by atoms with Crippen molar-refractivity contribution in [1.82, 2.24) is 10.2 Å². The first-order valence-electron chi connectivity index (χ1n) is 9.09. The van der Waals surface area contributed by atoms with Gasteiger partial charge in [-0.15, -0.1) is 24.0 Å². The number of nitrogens with two attached hydrogens (primary N) is 1. The van der Waals surface area contributed by atoms with Crippen LogP contribution >= 0.6 is 24.0 Å². The Balaban J connectivity index is 0.00000312. The SMILES string of the molecule is CCCCCCNC(N)=NCc1ccccc1CN1CCCC1=O.I. The highest BCUT2D eigenvalue weighted by atomic mass is 127. The average molecular weight is 458 g/mol. The first-order chi connectivity index (χ1) is 11.7. The molecule has 1 saturated heterocycles. The number of hydrogen-bond donors (Lipinski definition) is 2. The molecule has 25 heavy (non-hydrogen) atoms. The molecule has 3 N–H and O–H groups in total. The molecule has 0 aliphatic carbocycles. The van der Waals surface area contributed by atoms with Crippen LogP contribution in [0.5, 0.6) is 0 Å². The summed E-state index contributed by atoms with van der Waals surface area (Å²) < 4.78 is 0. The molecule has 0 saturated carbocycles. The van der Waals surface area contributed by atoms with Crippen LogP contribution < -0.4 is 11.1 Å². The minimum atomic E-state index is 0. The second-order valence-corrected chi connectivity index (χ2v) is 6.38. The van der Waals surface area contributed by atoms with Crippen LogP contribution in [0, 0.1) is 0 Å². The smallest absolute Gasteiger partial charge is 0.222 e. The molecular weight excluding hydrogens is 427 g/mol. The maximum absolute atomic E-state index is 11.8. The highest BCUT2D eigenvalue weighted by molar-refractivity contribution is 14.0. The number of amides is 1. The molecule has 0 spiro atoms. The van der Waals surface area contributed by atoms with E-state index in [1.165, 1.54) is 19.3 Å². The Morgan fingerprint density at radius 3 is 2.68 bits per heavy atom. The summed E-state index contributed by atoms with van der Waals surface area (Å²) in [7, 11) is 0. The van der Waals surface area contributed by atoms with Crippen LogP contribution in [-0.4, -0.2) is 29.9 Å². The van der Waals surface area contributed by atoms with Gasteiger partial charge in [0.05, 0.1) is 6.54 Å². The van der Waals surface area contributed by atoms with Crippen molar-refractivity contribution in [2.75, 3.05) is 13.1 Å². The van der Waals surface area contributed by atoms with Gasteiger partial charge in [0.15, 0.2) is 5.96 Å². The Kier molecular flexibility index (Phi) is 10.5. The zero-order valence-electron chi connectivity index (χ0n) is 15.2. The van der Waals surface area contributed by atoms with Crippen molar-refractivity contribution < 1.29 is 4.79 Å². The fraction of sp³-hybridized carbons (Fsp3) is 0.579. The Labute approximate surface area is 168 Å². The van der Waals surface area contributed by atoms with Crippen LogP contribution in [0.1, 0.15) is 56.6 Å². The zero-order valence-corrected chi connectivity index (χ0v) is 17.5. The first kappa shape index (κ1) is 21.7. The molecule has 1 fully saturated rings. The number of guanidine groups is 1. The quantitative estimate of drug-likeness (QED) is 0.258. The Hall–Kier alpha value is -1.31. The minimum Gasteiger partial charge on any atom is -0.370 e. The molecule has 1 aliphatic rings. The number of nitrogens with one attached hydrogen (secondary N) is 1. The molecule has 0 atom stereocenters. The van der Waals surface area contributed by atoms with Crippen LogP contribution in [0.25, 0.3) is 0 Å². The topological polar surface area (TPSA) is 70.7 Å². The van der Waals surface area contributed by atoms with Crippen molar-refractivity contribution >= 4 is 35.8 Å². The van der Waals surface area contributed by atoms with Gasteiger partial charge in [0.2, 0.25) is 5.91 Å². The number of hydrogen-bond acceptors (Lipinski definition) is 2. The predicted octanol–water partition coefficient (Wildman–Crippen LogP) is 3.41. The molecule has 1 aromatic rings. The number of nitrogens with zero attached hydrogens (tertiary/aromatic N) is 2. The van der Waals surface area contributed by atoms with Crippen molar-refractivity contribution in [1.29, 1.82) is 0 Å². The van der Waals surface area contributed by atoms with E-state index in [2.05, 4.69) is 29.4 Å². The second-order valence-electron chi connectivity index (χ2n) is 6.38. The lowest BCUT2D eigenvalue weighted by Crippen LogP contribution is -2.32. The molecule has 0 unspecified atom stereocenters. The third kappa shape index (κ3) is 7.63. The van der Waals surface area contributed by atoms with Crippen molar-refractivity contribution in [2.45, 2.75) is 58.5 Å². The van der Waals surface area contributed by atoms with Crippen molar-refractivity contribution in [3.8, 4) is 0 Å². The lowest BCUT2D eigenvalue weighted by atomic mass is 10.1. The summed E-state index contributed by atoms with van der Waals surface area (Å²) in [4.78, 5) is 18.2. The number of likely N-dealkylation sites (tertiary alicyclic amines) is 1. The van der Waals surface area contributed by atoms with Crippen LogP contribution in [0.2, 0.25) is 0 Å². The van der Waals surface area contributed by atoms with Crippen molar-refractivity contribution in [3.05, 3.63) is 35.4 Å². The van der Waals surface area contributed by atoms with Gasteiger partial charge in [-0.2, -0.15) is 0 Å². The normalized spacial score (nSPS) is 14.5. The fourth-order valence-corrected chi connectivity index (χ4v) is 2.94. The van der Waals surface area contributed by atoms with Gasteiger partial charge in [-0.3, -0.25) is 4.79 Å². The van der Waals surface area contributed by atoms with Crippen LogP contribution in [0.3, 0.4) is 0 Å². The lowest BCUT2D eigenvalue weighted by Gasteiger charge is -2.17. The van der Waals surface area contributed by atoms with E-state index in [-0.39, 0.29) is 29.9 Å². The Morgan fingerprint density at radius 1 is 1.24 bits per heavy atom. The van der Waals surface area contributed by atoms with Gasteiger partial charge in [0.25, 0.3) is 0 Å². The number of unbranched alkanes of at least 4 members (excludes halogenated alkanes) is 3. The summed E-state index contributed by atoms with van der Waals surface area (Å²) in [5.74, 6) is 0.750. The van der Waals surface area contributed by atoms with E-state index >= 15 is 0 Å². The van der Waals surface area contributed by atoms with E-state index in [9.17, 15) is 4.79 Å². The number of carbonyl (C=O) groups excluding carboxylic acids is 1. The molecule has 1 amide bonds. The van der Waals surface area contributed by atoms with Gasteiger partial charge in [0, 0.05) is 26.1 Å². The monoisotopic (exact) mass is 458 g/mol. The molecule has 2 rings (SSSR count). The molecule has 5 nitrogen and oxygen atoms in total. The number of halogens is 1. The average Bonchev–Trinajstić information content (AvgIpc) is 2.99. The number of rotatable bonds is 9. The van der Waals surface area contributed by atoms with Crippen LogP contribution in [-0.2, 0) is 17.9 Å². The van der Waals surface area contributed by atoms with Gasteiger partial charge < -0.3 is 16.0 Å². The number of benzene rings is 1. The summed E-state index contributed by atoms with van der Waals surface area (Å²) in [6.07, 6.45) is 6.49. The Bertz CT molecular complexity index is 562. The highest BCUT2D eigenvalue weighted by Crippen LogP contribution is 2.17.